The van der Waals surface area contributed by atoms with Gasteiger partial charge in [0.05, 0.1) is 30.4 Å². The lowest BCUT2D eigenvalue weighted by Gasteiger charge is -2.36. The van der Waals surface area contributed by atoms with Gasteiger partial charge in [0.15, 0.2) is 11.5 Å². The summed E-state index contributed by atoms with van der Waals surface area (Å²) in [5.74, 6) is 1.28. The molecular weight excluding hydrogens is 453 g/mol. The summed E-state index contributed by atoms with van der Waals surface area (Å²) in [6.45, 7) is 3.16. The number of hydrogen-bond acceptors (Lipinski definition) is 8. The molecule has 0 amide bonds. The SMILES string of the molecule is COc1ccc2ncc(F)c(CCN3CCC([C@@H](O)[C@@H](O)c4ccc5c(c4)OCCO5)CC3)c2n1. The van der Waals surface area contributed by atoms with Crippen LogP contribution in [0.2, 0.25) is 0 Å². The predicted molar refractivity (Wildman–Crippen MR) is 127 cm³/mol. The first-order valence-corrected chi connectivity index (χ1v) is 12.0. The van der Waals surface area contributed by atoms with Gasteiger partial charge in [0.25, 0.3) is 0 Å². The number of piperidine rings is 1. The van der Waals surface area contributed by atoms with Crippen LogP contribution in [-0.4, -0.2) is 71.1 Å². The number of ether oxygens (including phenoxy) is 3. The van der Waals surface area contributed by atoms with Crippen molar-refractivity contribution in [2.75, 3.05) is 40.0 Å². The van der Waals surface area contributed by atoms with Crippen LogP contribution in [-0.2, 0) is 6.42 Å². The van der Waals surface area contributed by atoms with E-state index in [1.165, 1.54) is 13.3 Å². The maximum Gasteiger partial charge on any atom is 0.213 e. The number of rotatable bonds is 7. The number of aromatic nitrogens is 2. The van der Waals surface area contributed by atoms with E-state index in [2.05, 4.69) is 14.9 Å². The third kappa shape index (κ3) is 5.03. The number of aliphatic hydroxyl groups is 2. The number of pyridine rings is 2. The van der Waals surface area contributed by atoms with Crippen molar-refractivity contribution in [2.45, 2.75) is 31.5 Å². The van der Waals surface area contributed by atoms with E-state index in [-0.39, 0.29) is 11.7 Å². The highest BCUT2D eigenvalue weighted by Crippen LogP contribution is 2.35. The van der Waals surface area contributed by atoms with Crippen molar-refractivity contribution in [3.05, 3.63) is 53.5 Å². The molecule has 9 heteroatoms. The first kappa shape index (κ1) is 23.7. The van der Waals surface area contributed by atoms with Crippen molar-refractivity contribution in [3.63, 3.8) is 0 Å². The summed E-state index contributed by atoms with van der Waals surface area (Å²) in [6, 6.07) is 8.78. The quantitative estimate of drug-likeness (QED) is 0.530. The van der Waals surface area contributed by atoms with Crippen LogP contribution in [0.3, 0.4) is 0 Å². The second-order valence-electron chi connectivity index (χ2n) is 9.07. The number of likely N-dealkylation sites (tertiary alicyclic amines) is 1. The average Bonchev–Trinajstić information content (AvgIpc) is 2.91. The highest BCUT2D eigenvalue weighted by atomic mass is 19.1. The summed E-state index contributed by atoms with van der Waals surface area (Å²) >= 11 is 0. The zero-order chi connectivity index (χ0) is 24.4. The second kappa shape index (κ2) is 10.3. The molecule has 1 aromatic carbocycles. The Morgan fingerprint density at radius 3 is 2.66 bits per heavy atom. The highest BCUT2D eigenvalue weighted by molar-refractivity contribution is 5.78. The number of aliphatic hydroxyl groups excluding tert-OH is 2. The number of halogens is 1. The van der Waals surface area contributed by atoms with E-state index in [9.17, 15) is 14.6 Å². The van der Waals surface area contributed by atoms with Gasteiger partial charge in [0.1, 0.15) is 25.1 Å². The molecule has 0 spiro atoms. The van der Waals surface area contributed by atoms with Gasteiger partial charge in [-0.1, -0.05) is 6.07 Å². The Labute approximate surface area is 203 Å². The molecule has 4 heterocycles. The third-order valence-electron chi connectivity index (χ3n) is 6.97. The zero-order valence-corrected chi connectivity index (χ0v) is 19.7. The summed E-state index contributed by atoms with van der Waals surface area (Å²) in [4.78, 5) is 10.8. The number of benzene rings is 1. The van der Waals surface area contributed by atoms with Crippen LogP contribution in [0.1, 0.15) is 30.1 Å². The van der Waals surface area contributed by atoms with Crippen LogP contribution in [0.15, 0.2) is 36.5 Å². The summed E-state index contributed by atoms with van der Waals surface area (Å²) in [6.07, 6.45) is 1.35. The molecule has 3 aromatic rings. The fourth-order valence-electron chi connectivity index (χ4n) is 4.92. The van der Waals surface area contributed by atoms with Gasteiger partial charge in [-0.3, -0.25) is 4.98 Å². The van der Waals surface area contributed by atoms with Crippen molar-refractivity contribution in [1.29, 1.82) is 0 Å². The van der Waals surface area contributed by atoms with Crippen LogP contribution >= 0.6 is 0 Å². The lowest BCUT2D eigenvalue weighted by Crippen LogP contribution is -2.40. The van der Waals surface area contributed by atoms with E-state index < -0.39 is 12.2 Å². The van der Waals surface area contributed by atoms with Crippen molar-refractivity contribution >= 4 is 11.0 Å². The monoisotopic (exact) mass is 483 g/mol. The van der Waals surface area contributed by atoms with Gasteiger partial charge in [-0.15, -0.1) is 0 Å². The van der Waals surface area contributed by atoms with E-state index in [0.29, 0.717) is 65.7 Å². The van der Waals surface area contributed by atoms with Gasteiger partial charge in [-0.05, 0) is 62.0 Å². The van der Waals surface area contributed by atoms with Crippen molar-refractivity contribution in [3.8, 4) is 17.4 Å². The van der Waals surface area contributed by atoms with Gasteiger partial charge >= 0.3 is 0 Å². The normalized spacial score (nSPS) is 18.4. The van der Waals surface area contributed by atoms with Crippen molar-refractivity contribution in [2.24, 2.45) is 5.92 Å². The Morgan fingerprint density at radius 2 is 1.89 bits per heavy atom. The average molecular weight is 484 g/mol. The molecule has 186 valence electrons. The standard InChI is InChI=1S/C26H30FN3O5/c1-33-23-5-3-20-24(29-23)18(19(27)15-28-20)8-11-30-9-6-16(7-10-30)25(31)26(32)17-2-4-21-22(14-17)35-13-12-34-21/h2-5,14-16,25-26,31-32H,6-13H2,1H3/t25-,26+/m1/s1. The lowest BCUT2D eigenvalue weighted by atomic mass is 9.86. The van der Waals surface area contributed by atoms with E-state index in [4.69, 9.17) is 14.2 Å². The molecule has 0 aliphatic carbocycles. The highest BCUT2D eigenvalue weighted by Gasteiger charge is 2.31. The molecule has 2 aliphatic rings. The Kier molecular flexibility index (Phi) is 6.99. The first-order valence-electron chi connectivity index (χ1n) is 12.0. The van der Waals surface area contributed by atoms with E-state index in [1.807, 2.05) is 0 Å². The molecule has 0 radical (unpaired) electrons. The fourth-order valence-corrected chi connectivity index (χ4v) is 4.92. The molecule has 2 atom stereocenters. The van der Waals surface area contributed by atoms with Gasteiger partial charge < -0.3 is 29.3 Å². The molecule has 5 rings (SSSR count). The van der Waals surface area contributed by atoms with Gasteiger partial charge in [-0.2, -0.15) is 0 Å². The Morgan fingerprint density at radius 1 is 1.11 bits per heavy atom. The largest absolute Gasteiger partial charge is 0.486 e. The topological polar surface area (TPSA) is 97.2 Å². The predicted octanol–water partition coefficient (Wildman–Crippen LogP) is 2.90. The Hall–Kier alpha value is -3.01. The molecule has 2 N–H and O–H groups in total. The fraction of sp³-hybridized carbons (Fsp3) is 0.462. The lowest BCUT2D eigenvalue weighted by molar-refractivity contribution is -0.0361. The molecule has 8 nitrogen and oxygen atoms in total. The second-order valence-corrected chi connectivity index (χ2v) is 9.07. The summed E-state index contributed by atoms with van der Waals surface area (Å²) in [5, 5.41) is 21.7. The minimum absolute atomic E-state index is 0.0288. The zero-order valence-electron chi connectivity index (χ0n) is 19.7. The Balaban J connectivity index is 1.18. The molecule has 0 saturated carbocycles. The maximum absolute atomic E-state index is 14.6. The number of fused-ring (bicyclic) bond motifs is 2. The minimum Gasteiger partial charge on any atom is -0.486 e. The van der Waals surface area contributed by atoms with Crippen molar-refractivity contribution in [1.82, 2.24) is 14.9 Å². The van der Waals surface area contributed by atoms with Crippen LogP contribution < -0.4 is 14.2 Å². The van der Waals surface area contributed by atoms with Crippen LogP contribution in [0.4, 0.5) is 4.39 Å². The minimum atomic E-state index is -0.999. The summed E-state index contributed by atoms with van der Waals surface area (Å²) in [5.41, 5.74) is 2.31. The maximum atomic E-state index is 14.6. The Bertz CT molecular complexity index is 1190. The molecule has 35 heavy (non-hydrogen) atoms. The number of nitrogens with zero attached hydrogens (tertiary/aromatic N) is 3. The molecule has 0 bridgehead atoms. The molecule has 2 aromatic heterocycles. The molecular formula is C26H30FN3O5. The van der Waals surface area contributed by atoms with E-state index in [0.717, 1.165) is 25.9 Å². The molecule has 2 aliphatic heterocycles. The summed E-state index contributed by atoms with van der Waals surface area (Å²) < 4.78 is 30.9. The van der Waals surface area contributed by atoms with Gasteiger partial charge in [-0.25, -0.2) is 9.37 Å². The van der Waals surface area contributed by atoms with Crippen LogP contribution in [0, 0.1) is 11.7 Å². The summed E-state index contributed by atoms with van der Waals surface area (Å²) in [7, 11) is 1.53. The molecule has 0 unspecified atom stereocenters. The van der Waals surface area contributed by atoms with E-state index >= 15 is 0 Å². The van der Waals surface area contributed by atoms with Crippen LogP contribution in [0.5, 0.6) is 17.4 Å². The smallest absolute Gasteiger partial charge is 0.213 e. The van der Waals surface area contributed by atoms with Crippen LogP contribution in [0.25, 0.3) is 11.0 Å². The number of methoxy groups -OCH3 is 1. The van der Waals surface area contributed by atoms with Gasteiger partial charge in [0, 0.05) is 18.2 Å². The molecule has 1 saturated heterocycles. The van der Waals surface area contributed by atoms with E-state index in [1.54, 1.807) is 30.3 Å². The van der Waals surface area contributed by atoms with Crippen molar-refractivity contribution < 1.29 is 28.8 Å². The third-order valence-corrected chi connectivity index (χ3v) is 6.97. The molecule has 1 fully saturated rings. The van der Waals surface area contributed by atoms with Gasteiger partial charge in [0.2, 0.25) is 5.88 Å². The number of hydrogen-bond donors (Lipinski definition) is 2. The first-order chi connectivity index (χ1) is 17.0.